The number of benzene rings is 1. The Morgan fingerprint density at radius 3 is 2.61 bits per heavy atom. The Labute approximate surface area is 121 Å². The van der Waals surface area contributed by atoms with Crippen molar-refractivity contribution in [1.29, 1.82) is 0 Å². The second kappa shape index (κ2) is 6.86. The molecule has 0 aliphatic carbocycles. The van der Waals surface area contributed by atoms with Gasteiger partial charge in [-0.15, -0.1) is 0 Å². The molecule has 102 valence electrons. The first-order valence-corrected chi connectivity index (χ1v) is 8.10. The average Bonchev–Trinajstić information content (AvgIpc) is 2.29. The highest BCUT2D eigenvalue weighted by atomic mass is 79.9. The van der Waals surface area contributed by atoms with Crippen LogP contribution in [0, 0.1) is 0 Å². The first-order chi connectivity index (χ1) is 8.43. The van der Waals surface area contributed by atoms with Crippen LogP contribution in [0.3, 0.4) is 0 Å². The molecule has 0 fully saturated rings. The summed E-state index contributed by atoms with van der Waals surface area (Å²) in [5, 5.41) is 8.97. The number of rotatable bonds is 6. The van der Waals surface area contributed by atoms with Gasteiger partial charge in [0.25, 0.3) is 0 Å². The van der Waals surface area contributed by atoms with Crippen LogP contribution in [0.2, 0.25) is 5.02 Å². The van der Waals surface area contributed by atoms with Gasteiger partial charge in [-0.2, -0.15) is 4.31 Å². The lowest BCUT2D eigenvalue weighted by molar-refractivity contribution is 0.271. The predicted molar refractivity (Wildman–Crippen MR) is 75.3 cm³/mol. The summed E-state index contributed by atoms with van der Waals surface area (Å²) >= 11 is 9.20. The maximum absolute atomic E-state index is 12.3. The topological polar surface area (TPSA) is 57.6 Å². The maximum Gasteiger partial charge on any atom is 0.244 e. The van der Waals surface area contributed by atoms with Gasteiger partial charge in [0.2, 0.25) is 10.0 Å². The van der Waals surface area contributed by atoms with Gasteiger partial charge in [-0.05, 0) is 24.6 Å². The SMILES string of the molecule is CCN(CCCO)S(=O)(=O)c1ccc(Br)cc1Cl. The molecule has 1 aromatic rings. The van der Waals surface area contributed by atoms with Crippen molar-refractivity contribution in [2.75, 3.05) is 19.7 Å². The molecule has 0 spiro atoms. The molecular formula is C11H15BrClNO3S. The lowest BCUT2D eigenvalue weighted by atomic mass is 10.4. The second-order valence-corrected chi connectivity index (χ2v) is 6.88. The van der Waals surface area contributed by atoms with Crippen LogP contribution >= 0.6 is 27.5 Å². The minimum Gasteiger partial charge on any atom is -0.396 e. The van der Waals surface area contributed by atoms with Crippen LogP contribution in [0.4, 0.5) is 0 Å². The number of nitrogens with zero attached hydrogens (tertiary/aromatic N) is 1. The quantitative estimate of drug-likeness (QED) is 0.852. The summed E-state index contributed by atoms with van der Waals surface area (Å²) in [6.45, 7) is 2.33. The Morgan fingerprint density at radius 1 is 1.44 bits per heavy atom. The minimum absolute atomic E-state index is 0.0416. The van der Waals surface area contributed by atoms with E-state index in [0.717, 1.165) is 4.47 Å². The number of halogens is 2. The van der Waals surface area contributed by atoms with Crippen LogP contribution in [0.25, 0.3) is 0 Å². The van der Waals surface area contributed by atoms with Crippen molar-refractivity contribution in [2.45, 2.75) is 18.2 Å². The van der Waals surface area contributed by atoms with Gasteiger partial charge in [0, 0.05) is 24.2 Å². The predicted octanol–water partition coefficient (Wildman–Crippen LogP) is 2.50. The molecule has 4 nitrogen and oxygen atoms in total. The van der Waals surface area contributed by atoms with E-state index in [-0.39, 0.29) is 23.1 Å². The smallest absolute Gasteiger partial charge is 0.244 e. The molecule has 0 amide bonds. The van der Waals surface area contributed by atoms with Crippen molar-refractivity contribution in [1.82, 2.24) is 4.31 Å². The normalized spacial score (nSPS) is 12.1. The molecule has 0 radical (unpaired) electrons. The van der Waals surface area contributed by atoms with Gasteiger partial charge >= 0.3 is 0 Å². The lowest BCUT2D eigenvalue weighted by Gasteiger charge is -2.20. The largest absolute Gasteiger partial charge is 0.396 e. The maximum atomic E-state index is 12.3. The zero-order valence-electron chi connectivity index (χ0n) is 9.94. The molecule has 1 rings (SSSR count). The second-order valence-electron chi connectivity index (χ2n) is 3.65. The van der Waals surface area contributed by atoms with Crippen molar-refractivity contribution < 1.29 is 13.5 Å². The van der Waals surface area contributed by atoms with E-state index in [1.54, 1.807) is 19.1 Å². The van der Waals surface area contributed by atoms with Crippen LogP contribution in [-0.2, 0) is 10.0 Å². The Balaban J connectivity index is 3.10. The highest BCUT2D eigenvalue weighted by Crippen LogP contribution is 2.27. The first kappa shape index (κ1) is 15.9. The lowest BCUT2D eigenvalue weighted by Crippen LogP contribution is -2.32. The molecule has 7 heteroatoms. The summed E-state index contributed by atoms with van der Waals surface area (Å²) in [6.07, 6.45) is 0.404. The van der Waals surface area contributed by atoms with Gasteiger partial charge < -0.3 is 5.11 Å². The summed E-state index contributed by atoms with van der Waals surface area (Å²) in [6, 6.07) is 4.66. The number of sulfonamides is 1. The average molecular weight is 357 g/mol. The van der Waals surface area contributed by atoms with Crippen molar-refractivity contribution in [3.63, 3.8) is 0 Å². The highest BCUT2D eigenvalue weighted by molar-refractivity contribution is 9.10. The molecule has 0 saturated heterocycles. The Kier molecular flexibility index (Phi) is 6.07. The molecule has 0 bridgehead atoms. The fourth-order valence-electron chi connectivity index (χ4n) is 1.52. The molecule has 1 aromatic carbocycles. The monoisotopic (exact) mass is 355 g/mol. The van der Waals surface area contributed by atoms with Crippen molar-refractivity contribution >= 4 is 37.6 Å². The molecule has 0 atom stereocenters. The molecule has 0 heterocycles. The van der Waals surface area contributed by atoms with Crippen LogP contribution in [0.1, 0.15) is 13.3 Å². The summed E-state index contributed by atoms with van der Waals surface area (Å²) in [7, 11) is -3.60. The Morgan fingerprint density at radius 2 is 2.11 bits per heavy atom. The zero-order chi connectivity index (χ0) is 13.8. The van der Waals surface area contributed by atoms with Crippen LogP contribution in [0.5, 0.6) is 0 Å². The number of hydrogen-bond acceptors (Lipinski definition) is 3. The van der Waals surface area contributed by atoms with E-state index in [9.17, 15) is 8.42 Å². The fraction of sp³-hybridized carbons (Fsp3) is 0.455. The van der Waals surface area contributed by atoms with E-state index >= 15 is 0 Å². The molecular weight excluding hydrogens is 342 g/mol. The summed E-state index contributed by atoms with van der Waals surface area (Å²) in [4.78, 5) is 0.0900. The van der Waals surface area contributed by atoms with Crippen molar-refractivity contribution in [3.05, 3.63) is 27.7 Å². The third kappa shape index (κ3) is 3.68. The minimum atomic E-state index is -3.60. The van der Waals surface area contributed by atoms with E-state index in [1.807, 2.05) is 0 Å². The van der Waals surface area contributed by atoms with Crippen LogP contribution in [-0.4, -0.2) is 37.5 Å². The van der Waals surface area contributed by atoms with E-state index < -0.39 is 10.0 Å². The van der Waals surface area contributed by atoms with Crippen LogP contribution in [0.15, 0.2) is 27.6 Å². The molecule has 0 aromatic heterocycles. The zero-order valence-corrected chi connectivity index (χ0v) is 13.1. The van der Waals surface area contributed by atoms with E-state index in [4.69, 9.17) is 16.7 Å². The third-order valence-electron chi connectivity index (χ3n) is 2.43. The van der Waals surface area contributed by atoms with Gasteiger partial charge in [0.05, 0.1) is 5.02 Å². The fourth-order valence-corrected chi connectivity index (χ4v) is 4.02. The standard InChI is InChI=1S/C11H15BrClNO3S/c1-2-14(6-3-7-15)18(16,17)11-5-4-9(12)8-10(11)13/h4-5,8,15H,2-3,6-7H2,1H3. The summed E-state index contributed by atoms with van der Waals surface area (Å²) in [5.41, 5.74) is 0. The molecule has 0 aliphatic rings. The van der Waals surface area contributed by atoms with Gasteiger partial charge in [-0.3, -0.25) is 0 Å². The van der Waals surface area contributed by atoms with Gasteiger partial charge in [-0.25, -0.2) is 8.42 Å². The van der Waals surface area contributed by atoms with Gasteiger partial charge in [-0.1, -0.05) is 34.5 Å². The third-order valence-corrected chi connectivity index (χ3v) is 5.38. The number of aliphatic hydroxyl groups is 1. The molecule has 18 heavy (non-hydrogen) atoms. The van der Waals surface area contributed by atoms with E-state index in [2.05, 4.69) is 15.9 Å². The summed E-state index contributed by atoms with van der Waals surface area (Å²) in [5.74, 6) is 0. The van der Waals surface area contributed by atoms with E-state index in [0.29, 0.717) is 13.0 Å². The molecule has 0 aliphatic heterocycles. The Bertz CT molecular complexity index is 507. The first-order valence-electron chi connectivity index (χ1n) is 5.49. The van der Waals surface area contributed by atoms with Crippen LogP contribution < -0.4 is 0 Å². The molecule has 0 unspecified atom stereocenters. The highest BCUT2D eigenvalue weighted by Gasteiger charge is 2.25. The molecule has 1 N–H and O–H groups in total. The summed E-state index contributed by atoms with van der Waals surface area (Å²) < 4.78 is 26.7. The number of aliphatic hydroxyl groups excluding tert-OH is 1. The van der Waals surface area contributed by atoms with Crippen molar-refractivity contribution in [2.24, 2.45) is 0 Å². The van der Waals surface area contributed by atoms with Gasteiger partial charge in [0.1, 0.15) is 4.90 Å². The van der Waals surface area contributed by atoms with Crippen molar-refractivity contribution in [3.8, 4) is 0 Å². The molecule has 0 saturated carbocycles. The Hall–Kier alpha value is -0.140. The van der Waals surface area contributed by atoms with Gasteiger partial charge in [0.15, 0.2) is 0 Å². The van der Waals surface area contributed by atoms with E-state index in [1.165, 1.54) is 10.4 Å². The number of hydrogen-bond donors (Lipinski definition) is 1.